The molecule has 0 aromatic rings. The molecule has 0 bridgehead atoms. The molecule has 2 saturated heterocycles. The maximum Gasteiger partial charge on any atom is 0.0393 e. The fraction of sp³-hybridized carbons (Fsp3) is 1.00. The third kappa shape index (κ3) is 0.700. The second-order valence-corrected chi connectivity index (χ2v) is 3.21. The van der Waals surface area contributed by atoms with Crippen LogP contribution in [0.4, 0.5) is 0 Å². The molecular weight excluding hydrogens is 112 g/mol. The van der Waals surface area contributed by atoms with Crippen molar-refractivity contribution in [3.05, 3.63) is 0 Å². The number of rotatable bonds is 1. The molecule has 3 atom stereocenters. The number of hydrogen-bond donors (Lipinski definition) is 1. The number of likely N-dealkylation sites (N-methyl/N-ethyl adjacent to an activating group) is 1. The van der Waals surface area contributed by atoms with Crippen LogP contribution in [0.15, 0.2) is 0 Å². The summed E-state index contributed by atoms with van der Waals surface area (Å²) in [5.74, 6) is 0. The van der Waals surface area contributed by atoms with Crippen LogP contribution in [0.25, 0.3) is 0 Å². The summed E-state index contributed by atoms with van der Waals surface area (Å²) in [4.78, 5) is 2.46. The first-order valence-corrected chi connectivity index (χ1v) is 3.79. The van der Waals surface area contributed by atoms with Gasteiger partial charge in [-0.3, -0.25) is 0 Å². The van der Waals surface area contributed by atoms with Gasteiger partial charge in [0, 0.05) is 24.7 Å². The summed E-state index contributed by atoms with van der Waals surface area (Å²) in [7, 11) is 2.22. The van der Waals surface area contributed by atoms with E-state index in [1.54, 1.807) is 0 Å². The van der Waals surface area contributed by atoms with Crippen LogP contribution < -0.4 is 5.32 Å². The van der Waals surface area contributed by atoms with E-state index in [1.807, 2.05) is 0 Å². The van der Waals surface area contributed by atoms with Gasteiger partial charge in [0.1, 0.15) is 0 Å². The van der Waals surface area contributed by atoms with Crippen LogP contribution in [0, 0.1) is 0 Å². The average molecular weight is 126 g/mol. The van der Waals surface area contributed by atoms with Crippen molar-refractivity contribution < 1.29 is 0 Å². The second kappa shape index (κ2) is 1.70. The van der Waals surface area contributed by atoms with E-state index < -0.39 is 0 Å². The predicted molar refractivity (Wildman–Crippen MR) is 37.4 cm³/mol. The smallest absolute Gasteiger partial charge is 0.0393 e. The molecule has 2 heteroatoms. The summed E-state index contributed by atoms with van der Waals surface area (Å²) in [5.41, 5.74) is 0. The maximum atomic E-state index is 3.46. The summed E-state index contributed by atoms with van der Waals surface area (Å²) in [5, 5.41) is 3.46. The number of likely N-dealkylation sites (tertiary alicyclic amines) is 1. The topological polar surface area (TPSA) is 25.2 Å². The Labute approximate surface area is 56.2 Å². The van der Waals surface area contributed by atoms with Crippen LogP contribution in [0.5, 0.6) is 0 Å². The van der Waals surface area contributed by atoms with E-state index in [-0.39, 0.29) is 0 Å². The molecule has 2 nitrogen and oxygen atoms in total. The van der Waals surface area contributed by atoms with Crippen LogP contribution >= 0.6 is 0 Å². The Morgan fingerprint density at radius 1 is 1.67 bits per heavy atom. The van der Waals surface area contributed by atoms with Crippen molar-refractivity contribution in [2.24, 2.45) is 0 Å². The quantitative estimate of drug-likeness (QED) is 0.502. The summed E-state index contributed by atoms with van der Waals surface area (Å²) in [6.07, 6.45) is 1.30. The zero-order valence-corrected chi connectivity index (χ0v) is 6.09. The molecule has 0 aromatic heterocycles. The normalized spacial score (nSPS) is 49.3. The molecule has 2 aliphatic heterocycles. The second-order valence-electron chi connectivity index (χ2n) is 3.21. The zero-order valence-electron chi connectivity index (χ0n) is 6.09. The van der Waals surface area contributed by atoms with Gasteiger partial charge >= 0.3 is 0 Å². The maximum absolute atomic E-state index is 3.46. The minimum Gasteiger partial charge on any atom is -0.305 e. The Morgan fingerprint density at radius 2 is 2.44 bits per heavy atom. The molecular formula is C7H14N2. The Morgan fingerprint density at radius 3 is 2.78 bits per heavy atom. The van der Waals surface area contributed by atoms with Gasteiger partial charge < -0.3 is 10.2 Å². The molecule has 0 spiro atoms. The Kier molecular flexibility index (Phi) is 1.08. The zero-order chi connectivity index (χ0) is 6.43. The Hall–Kier alpha value is -0.0800. The number of nitrogens with zero attached hydrogens (tertiary/aromatic N) is 1. The first kappa shape index (κ1) is 5.69. The third-order valence-electron chi connectivity index (χ3n) is 2.61. The third-order valence-corrected chi connectivity index (χ3v) is 2.61. The molecule has 52 valence electrons. The lowest BCUT2D eigenvalue weighted by atomic mass is 10.2. The Bertz CT molecular complexity index is 122. The van der Waals surface area contributed by atoms with Crippen molar-refractivity contribution in [1.29, 1.82) is 0 Å². The van der Waals surface area contributed by atoms with Crippen LogP contribution in [-0.2, 0) is 0 Å². The van der Waals surface area contributed by atoms with Gasteiger partial charge in [0.2, 0.25) is 0 Å². The molecule has 0 aliphatic carbocycles. The fourth-order valence-electron chi connectivity index (χ4n) is 2.02. The lowest BCUT2D eigenvalue weighted by Crippen LogP contribution is -2.33. The van der Waals surface area contributed by atoms with Gasteiger partial charge in [0.15, 0.2) is 0 Å². The van der Waals surface area contributed by atoms with E-state index in [2.05, 4.69) is 24.2 Å². The van der Waals surface area contributed by atoms with E-state index >= 15 is 0 Å². The monoisotopic (exact) mass is 126 g/mol. The van der Waals surface area contributed by atoms with Crippen molar-refractivity contribution in [3.8, 4) is 0 Å². The number of piperazine rings is 1. The lowest BCUT2D eigenvalue weighted by molar-refractivity contribution is 0.273. The largest absolute Gasteiger partial charge is 0.305 e. The van der Waals surface area contributed by atoms with E-state index in [4.69, 9.17) is 0 Å². The molecule has 1 N–H and O–H groups in total. The lowest BCUT2D eigenvalue weighted by Gasteiger charge is -2.20. The molecule has 0 aromatic carbocycles. The van der Waals surface area contributed by atoms with E-state index in [0.717, 1.165) is 18.1 Å². The minimum absolute atomic E-state index is 0.829. The van der Waals surface area contributed by atoms with Gasteiger partial charge in [-0.15, -0.1) is 0 Å². The molecule has 2 fully saturated rings. The van der Waals surface area contributed by atoms with Crippen LogP contribution in [0.1, 0.15) is 13.3 Å². The van der Waals surface area contributed by atoms with Crippen molar-refractivity contribution in [2.75, 3.05) is 13.6 Å². The van der Waals surface area contributed by atoms with Gasteiger partial charge in [0.05, 0.1) is 0 Å². The number of fused-ring (bicyclic) bond motifs is 1. The molecule has 9 heavy (non-hydrogen) atoms. The fourth-order valence-corrected chi connectivity index (χ4v) is 2.02. The summed E-state index contributed by atoms with van der Waals surface area (Å²) in [6, 6.07) is 2.52. The van der Waals surface area contributed by atoms with Gasteiger partial charge in [-0.1, -0.05) is 6.92 Å². The van der Waals surface area contributed by atoms with Crippen molar-refractivity contribution in [3.63, 3.8) is 0 Å². The van der Waals surface area contributed by atoms with Crippen molar-refractivity contribution >= 4 is 0 Å². The SMILES string of the molecule is CCC1C2NC2CN1C. The van der Waals surface area contributed by atoms with Gasteiger partial charge in [-0.2, -0.15) is 0 Å². The highest BCUT2D eigenvalue weighted by Gasteiger charge is 2.49. The van der Waals surface area contributed by atoms with Crippen LogP contribution in [-0.4, -0.2) is 36.6 Å². The van der Waals surface area contributed by atoms with Gasteiger partial charge in [-0.05, 0) is 13.5 Å². The Balaban J connectivity index is 2.02. The number of nitrogens with one attached hydrogen (secondary N) is 1. The predicted octanol–water partition coefficient (Wildman–Crippen LogP) is 0.0508. The van der Waals surface area contributed by atoms with Crippen molar-refractivity contribution in [1.82, 2.24) is 10.2 Å². The average Bonchev–Trinajstić information content (AvgIpc) is 2.45. The van der Waals surface area contributed by atoms with E-state index in [9.17, 15) is 0 Å². The molecule has 3 unspecified atom stereocenters. The summed E-state index contributed by atoms with van der Waals surface area (Å²) in [6.45, 7) is 3.53. The number of hydrogen-bond acceptors (Lipinski definition) is 2. The highest BCUT2D eigenvalue weighted by atomic mass is 15.3. The molecule has 0 radical (unpaired) electrons. The molecule has 2 rings (SSSR count). The summed E-state index contributed by atoms with van der Waals surface area (Å²) < 4.78 is 0. The van der Waals surface area contributed by atoms with E-state index in [0.29, 0.717) is 0 Å². The van der Waals surface area contributed by atoms with Crippen molar-refractivity contribution in [2.45, 2.75) is 31.5 Å². The molecule has 2 aliphatic rings. The molecule has 0 amide bonds. The highest BCUT2D eigenvalue weighted by molar-refractivity contribution is 5.12. The van der Waals surface area contributed by atoms with Gasteiger partial charge in [-0.25, -0.2) is 0 Å². The molecule has 0 saturated carbocycles. The summed E-state index contributed by atoms with van der Waals surface area (Å²) >= 11 is 0. The van der Waals surface area contributed by atoms with Crippen LogP contribution in [0.2, 0.25) is 0 Å². The van der Waals surface area contributed by atoms with Crippen LogP contribution in [0.3, 0.4) is 0 Å². The first-order valence-electron chi connectivity index (χ1n) is 3.79. The van der Waals surface area contributed by atoms with E-state index in [1.165, 1.54) is 13.0 Å². The molecule has 2 heterocycles. The first-order chi connectivity index (χ1) is 4.33. The standard InChI is InChI=1S/C7H14N2/c1-3-6-7-5(8-7)4-9(6)2/h5-8H,3-4H2,1-2H3. The van der Waals surface area contributed by atoms with Gasteiger partial charge in [0.25, 0.3) is 0 Å². The highest BCUT2D eigenvalue weighted by Crippen LogP contribution is 2.28. The minimum atomic E-state index is 0.829.